The van der Waals surface area contributed by atoms with Gasteiger partial charge in [0.2, 0.25) is 0 Å². The van der Waals surface area contributed by atoms with E-state index in [-0.39, 0.29) is 12.0 Å². The first-order chi connectivity index (χ1) is 6.25. The third kappa shape index (κ3) is 2.00. The van der Waals surface area contributed by atoms with Gasteiger partial charge in [0.15, 0.2) is 5.60 Å². The van der Waals surface area contributed by atoms with E-state index in [1.807, 2.05) is 6.92 Å². The lowest BCUT2D eigenvalue weighted by atomic mass is 9.87. The van der Waals surface area contributed by atoms with Crippen LogP contribution >= 0.6 is 0 Å². The largest absolute Gasteiger partial charge is 0.420 e. The van der Waals surface area contributed by atoms with Gasteiger partial charge >= 0.3 is 6.18 Å². The number of aliphatic hydroxyl groups is 1. The molecule has 1 nitrogen and oxygen atoms in total. The zero-order valence-electron chi connectivity index (χ0n) is 8.15. The standard InChI is InChI=1S/C10H13F3O/c1-7-3-5-8(6-4-7)9(2,14)10(11,12)13/h3,5,14H,4,6H2,1-2H3. The minimum absolute atomic E-state index is 0.0376. The molecule has 0 spiro atoms. The highest BCUT2D eigenvalue weighted by atomic mass is 19.4. The molecule has 0 bridgehead atoms. The monoisotopic (exact) mass is 206 g/mol. The molecule has 1 aliphatic carbocycles. The molecule has 80 valence electrons. The fourth-order valence-corrected chi connectivity index (χ4v) is 1.33. The lowest BCUT2D eigenvalue weighted by Gasteiger charge is -2.30. The van der Waals surface area contributed by atoms with E-state index in [0.29, 0.717) is 6.42 Å². The van der Waals surface area contributed by atoms with Crippen LogP contribution in [0.4, 0.5) is 13.2 Å². The second-order valence-corrected chi connectivity index (χ2v) is 3.77. The first-order valence-electron chi connectivity index (χ1n) is 4.41. The minimum Gasteiger partial charge on any atom is -0.377 e. The van der Waals surface area contributed by atoms with Crippen LogP contribution in [0.3, 0.4) is 0 Å². The van der Waals surface area contributed by atoms with Gasteiger partial charge in [0.05, 0.1) is 0 Å². The normalized spacial score (nSPS) is 22.4. The molecule has 0 radical (unpaired) electrons. The molecule has 0 aromatic rings. The van der Waals surface area contributed by atoms with Gasteiger partial charge in [-0.25, -0.2) is 0 Å². The predicted octanol–water partition coefficient (Wildman–Crippen LogP) is 2.97. The average molecular weight is 206 g/mol. The Balaban J connectivity index is 2.95. The van der Waals surface area contributed by atoms with Crippen LogP contribution in [0.15, 0.2) is 23.3 Å². The maximum absolute atomic E-state index is 12.4. The molecule has 1 atom stereocenters. The molecular formula is C10H13F3O. The van der Waals surface area contributed by atoms with Crippen molar-refractivity contribution in [2.24, 2.45) is 0 Å². The highest BCUT2D eigenvalue weighted by molar-refractivity contribution is 5.29. The number of allylic oxidation sites excluding steroid dienone is 3. The summed E-state index contributed by atoms with van der Waals surface area (Å²) in [5.41, 5.74) is -1.62. The van der Waals surface area contributed by atoms with Crippen LogP contribution in [0.1, 0.15) is 26.7 Å². The molecule has 0 heterocycles. The zero-order valence-corrected chi connectivity index (χ0v) is 8.15. The van der Waals surface area contributed by atoms with Crippen molar-refractivity contribution in [2.75, 3.05) is 0 Å². The zero-order chi connectivity index (χ0) is 11.0. The third-order valence-electron chi connectivity index (χ3n) is 2.53. The smallest absolute Gasteiger partial charge is 0.377 e. The quantitative estimate of drug-likeness (QED) is 0.699. The molecule has 0 aromatic heterocycles. The Labute approximate surface area is 80.9 Å². The van der Waals surface area contributed by atoms with Crippen molar-refractivity contribution in [2.45, 2.75) is 38.5 Å². The third-order valence-corrected chi connectivity index (χ3v) is 2.53. The Hall–Kier alpha value is -0.770. The van der Waals surface area contributed by atoms with Crippen LogP contribution < -0.4 is 0 Å². The lowest BCUT2D eigenvalue weighted by molar-refractivity contribution is -0.237. The van der Waals surface area contributed by atoms with Gasteiger partial charge in [0.1, 0.15) is 0 Å². The summed E-state index contributed by atoms with van der Waals surface area (Å²) >= 11 is 0. The highest BCUT2D eigenvalue weighted by Crippen LogP contribution is 2.39. The molecule has 0 fully saturated rings. The second-order valence-electron chi connectivity index (χ2n) is 3.77. The molecule has 0 amide bonds. The number of hydrogen-bond donors (Lipinski definition) is 1. The van der Waals surface area contributed by atoms with Crippen LogP contribution in [0.25, 0.3) is 0 Å². The Morgan fingerprint density at radius 2 is 1.79 bits per heavy atom. The van der Waals surface area contributed by atoms with Crippen LogP contribution in [0, 0.1) is 0 Å². The van der Waals surface area contributed by atoms with Crippen molar-refractivity contribution in [3.8, 4) is 0 Å². The minimum atomic E-state index is -4.60. The lowest BCUT2D eigenvalue weighted by Crippen LogP contribution is -2.44. The van der Waals surface area contributed by atoms with E-state index in [1.165, 1.54) is 6.08 Å². The topological polar surface area (TPSA) is 20.2 Å². The fraction of sp³-hybridized carbons (Fsp3) is 0.600. The van der Waals surface area contributed by atoms with Crippen LogP contribution in [0.2, 0.25) is 0 Å². The van der Waals surface area contributed by atoms with Crippen molar-refractivity contribution >= 4 is 0 Å². The van der Waals surface area contributed by atoms with E-state index >= 15 is 0 Å². The summed E-state index contributed by atoms with van der Waals surface area (Å²) in [5, 5.41) is 9.34. The Morgan fingerprint density at radius 1 is 1.21 bits per heavy atom. The van der Waals surface area contributed by atoms with E-state index in [1.54, 1.807) is 6.08 Å². The van der Waals surface area contributed by atoms with E-state index in [4.69, 9.17) is 0 Å². The Morgan fingerprint density at radius 3 is 2.14 bits per heavy atom. The summed E-state index contributed by atoms with van der Waals surface area (Å²) in [6.07, 6.45) is -0.754. The summed E-state index contributed by atoms with van der Waals surface area (Å²) < 4.78 is 37.2. The summed E-state index contributed by atoms with van der Waals surface area (Å²) in [6, 6.07) is 0. The number of hydrogen-bond acceptors (Lipinski definition) is 1. The summed E-state index contributed by atoms with van der Waals surface area (Å²) in [5.74, 6) is 0. The van der Waals surface area contributed by atoms with E-state index in [2.05, 4.69) is 0 Å². The number of halogens is 3. The molecule has 1 N–H and O–H groups in total. The number of alkyl halides is 3. The van der Waals surface area contributed by atoms with Crippen LogP contribution in [-0.4, -0.2) is 16.9 Å². The van der Waals surface area contributed by atoms with Gasteiger partial charge in [-0.05, 0) is 32.3 Å². The Bertz CT molecular complexity index is 284. The summed E-state index contributed by atoms with van der Waals surface area (Å²) in [7, 11) is 0. The SMILES string of the molecule is CC1=CC=C(C(C)(O)C(F)(F)F)CC1. The maximum Gasteiger partial charge on any atom is 0.420 e. The van der Waals surface area contributed by atoms with Crippen molar-refractivity contribution in [1.29, 1.82) is 0 Å². The van der Waals surface area contributed by atoms with Gasteiger partial charge in [-0.1, -0.05) is 17.7 Å². The molecular weight excluding hydrogens is 193 g/mol. The van der Waals surface area contributed by atoms with Crippen molar-refractivity contribution in [3.63, 3.8) is 0 Å². The second kappa shape index (κ2) is 3.42. The van der Waals surface area contributed by atoms with Gasteiger partial charge in [0, 0.05) is 0 Å². The first kappa shape index (κ1) is 11.3. The van der Waals surface area contributed by atoms with Crippen LogP contribution in [0.5, 0.6) is 0 Å². The van der Waals surface area contributed by atoms with E-state index < -0.39 is 11.8 Å². The predicted molar refractivity (Wildman–Crippen MR) is 47.8 cm³/mol. The fourth-order valence-electron chi connectivity index (χ4n) is 1.33. The van der Waals surface area contributed by atoms with Gasteiger partial charge in [-0.15, -0.1) is 0 Å². The molecule has 0 aromatic carbocycles. The first-order valence-corrected chi connectivity index (χ1v) is 4.41. The molecule has 1 unspecified atom stereocenters. The maximum atomic E-state index is 12.4. The summed E-state index contributed by atoms with van der Waals surface area (Å²) in [4.78, 5) is 0. The molecule has 14 heavy (non-hydrogen) atoms. The van der Waals surface area contributed by atoms with Crippen molar-refractivity contribution in [3.05, 3.63) is 23.3 Å². The van der Waals surface area contributed by atoms with Gasteiger partial charge < -0.3 is 5.11 Å². The molecule has 1 rings (SSSR count). The molecule has 1 aliphatic rings. The van der Waals surface area contributed by atoms with Crippen molar-refractivity contribution in [1.82, 2.24) is 0 Å². The Kier molecular flexibility index (Phi) is 2.76. The van der Waals surface area contributed by atoms with Gasteiger partial charge in [-0.2, -0.15) is 13.2 Å². The number of rotatable bonds is 1. The average Bonchev–Trinajstić information content (AvgIpc) is 2.03. The van der Waals surface area contributed by atoms with Gasteiger partial charge in [-0.3, -0.25) is 0 Å². The van der Waals surface area contributed by atoms with E-state index in [0.717, 1.165) is 12.5 Å². The highest BCUT2D eigenvalue weighted by Gasteiger charge is 2.52. The molecule has 0 aliphatic heterocycles. The van der Waals surface area contributed by atoms with Crippen LogP contribution in [-0.2, 0) is 0 Å². The molecule has 0 saturated heterocycles. The summed E-state index contributed by atoms with van der Waals surface area (Å²) in [6.45, 7) is 2.66. The van der Waals surface area contributed by atoms with E-state index in [9.17, 15) is 18.3 Å². The molecule has 0 saturated carbocycles. The van der Waals surface area contributed by atoms with Crippen molar-refractivity contribution < 1.29 is 18.3 Å². The molecule has 4 heteroatoms. The van der Waals surface area contributed by atoms with Gasteiger partial charge in [0.25, 0.3) is 0 Å².